The van der Waals surface area contributed by atoms with Gasteiger partial charge in [0.15, 0.2) is 0 Å². The summed E-state index contributed by atoms with van der Waals surface area (Å²) in [6.45, 7) is 3.09. The van der Waals surface area contributed by atoms with Crippen molar-refractivity contribution in [1.82, 2.24) is 9.29 Å². The second kappa shape index (κ2) is 6.26. The van der Waals surface area contributed by atoms with Gasteiger partial charge in [-0.3, -0.25) is 4.98 Å². The first-order valence-corrected chi connectivity index (χ1v) is 9.52. The molecule has 2 fully saturated rings. The second-order valence-corrected chi connectivity index (χ2v) is 8.67. The fourth-order valence-corrected chi connectivity index (χ4v) is 5.83. The molecule has 2 aliphatic rings. The first-order valence-electron chi connectivity index (χ1n) is 8.08. The Labute approximate surface area is 148 Å². The summed E-state index contributed by atoms with van der Waals surface area (Å²) in [5, 5.41) is 0.703. The predicted molar refractivity (Wildman–Crippen MR) is 96.7 cm³/mol. The van der Waals surface area contributed by atoms with Crippen LogP contribution in [0.1, 0.15) is 18.4 Å². The number of nitrogens with two attached hydrogens (primary N) is 1. The van der Waals surface area contributed by atoms with Gasteiger partial charge in [0, 0.05) is 30.7 Å². The van der Waals surface area contributed by atoms with Gasteiger partial charge in [-0.1, -0.05) is 6.07 Å². The molecule has 2 aromatic rings. The summed E-state index contributed by atoms with van der Waals surface area (Å²) >= 11 is 0. The molecule has 2 heterocycles. The minimum atomic E-state index is -3.51. The van der Waals surface area contributed by atoms with E-state index in [2.05, 4.69) is 4.98 Å². The smallest absolute Gasteiger partial charge is 0.243 e. The molecule has 1 aliphatic heterocycles. The Balaban J connectivity index is 0.00000169. The average Bonchev–Trinajstić information content (AvgIpc) is 3.11. The highest BCUT2D eigenvalue weighted by Crippen LogP contribution is 2.40. The molecule has 3 unspecified atom stereocenters. The van der Waals surface area contributed by atoms with E-state index in [1.54, 1.807) is 22.6 Å². The molecule has 1 saturated heterocycles. The molecule has 0 bridgehead atoms. The minimum Gasteiger partial charge on any atom is -0.327 e. The molecule has 3 atom stereocenters. The minimum absolute atomic E-state index is 0. The van der Waals surface area contributed by atoms with Crippen molar-refractivity contribution in [1.29, 1.82) is 0 Å². The molecule has 5 nitrogen and oxygen atoms in total. The zero-order valence-corrected chi connectivity index (χ0v) is 15.2. The zero-order chi connectivity index (χ0) is 16.2. The normalized spacial score (nSPS) is 27.2. The van der Waals surface area contributed by atoms with Crippen LogP contribution in [0.3, 0.4) is 0 Å². The van der Waals surface area contributed by atoms with Crippen LogP contribution >= 0.6 is 12.4 Å². The molecule has 1 aromatic heterocycles. The van der Waals surface area contributed by atoms with Crippen LogP contribution in [0.5, 0.6) is 0 Å². The summed E-state index contributed by atoms with van der Waals surface area (Å²) in [5.74, 6) is 0.717. The fraction of sp³-hybridized carbons (Fsp3) is 0.471. The van der Waals surface area contributed by atoms with Crippen LogP contribution in [0.25, 0.3) is 10.9 Å². The van der Waals surface area contributed by atoms with Gasteiger partial charge in [0.1, 0.15) is 0 Å². The van der Waals surface area contributed by atoms with E-state index in [1.165, 1.54) is 0 Å². The van der Waals surface area contributed by atoms with E-state index in [1.807, 2.05) is 19.1 Å². The van der Waals surface area contributed by atoms with Crippen molar-refractivity contribution < 1.29 is 8.42 Å². The van der Waals surface area contributed by atoms with Gasteiger partial charge in [-0.05, 0) is 55.4 Å². The van der Waals surface area contributed by atoms with E-state index in [9.17, 15) is 8.42 Å². The molecule has 1 aliphatic carbocycles. The third kappa shape index (κ3) is 2.62. The van der Waals surface area contributed by atoms with Crippen molar-refractivity contribution in [3.05, 3.63) is 36.0 Å². The summed E-state index contributed by atoms with van der Waals surface area (Å²) < 4.78 is 27.9. The third-order valence-electron chi connectivity index (χ3n) is 5.43. The number of rotatable bonds is 2. The van der Waals surface area contributed by atoms with Crippen LogP contribution in [-0.4, -0.2) is 36.8 Å². The standard InChI is InChI=1S/C17H21N3O2S.ClH/c1-11-4-7-16(13-3-2-8-19-17(11)13)23(21,22)20-9-12-5-6-15(18)14(12)10-20;/h2-4,7-8,12,14-15H,5-6,9-10,18H2,1H3;1H. The number of aromatic nitrogens is 1. The van der Waals surface area contributed by atoms with Gasteiger partial charge < -0.3 is 5.73 Å². The first kappa shape index (κ1) is 17.6. The molecule has 1 aromatic carbocycles. The number of fused-ring (bicyclic) bond motifs is 2. The van der Waals surface area contributed by atoms with Gasteiger partial charge in [0.25, 0.3) is 0 Å². The SMILES string of the molecule is Cc1ccc(S(=O)(=O)N2CC3CCC(N)C3C2)c2cccnc12.Cl. The highest BCUT2D eigenvalue weighted by molar-refractivity contribution is 7.89. The summed E-state index contributed by atoms with van der Waals surface area (Å²) in [7, 11) is -3.51. The van der Waals surface area contributed by atoms with Crippen molar-refractivity contribution in [2.24, 2.45) is 17.6 Å². The molecular weight excluding hydrogens is 346 g/mol. The van der Waals surface area contributed by atoms with Crippen molar-refractivity contribution in [2.45, 2.75) is 30.7 Å². The molecule has 0 radical (unpaired) electrons. The molecule has 4 rings (SSSR count). The average molecular weight is 368 g/mol. The lowest BCUT2D eigenvalue weighted by atomic mass is 9.98. The number of sulfonamides is 1. The summed E-state index contributed by atoms with van der Waals surface area (Å²) in [6, 6.07) is 7.31. The first-order chi connectivity index (χ1) is 11.0. The molecule has 2 N–H and O–H groups in total. The van der Waals surface area contributed by atoms with E-state index in [4.69, 9.17) is 5.73 Å². The molecule has 0 amide bonds. The Morgan fingerprint density at radius 2 is 2.00 bits per heavy atom. The Morgan fingerprint density at radius 3 is 2.75 bits per heavy atom. The molecule has 1 saturated carbocycles. The van der Waals surface area contributed by atoms with Crippen LogP contribution in [0, 0.1) is 18.8 Å². The maximum atomic E-state index is 13.2. The predicted octanol–water partition coefficient (Wildman–Crippen LogP) is 2.32. The van der Waals surface area contributed by atoms with E-state index in [0.29, 0.717) is 35.2 Å². The van der Waals surface area contributed by atoms with Gasteiger partial charge in [0.2, 0.25) is 10.0 Å². The van der Waals surface area contributed by atoms with Crippen molar-refractivity contribution >= 4 is 33.3 Å². The molecular formula is C17H22ClN3O2S. The zero-order valence-electron chi connectivity index (χ0n) is 13.6. The number of aryl methyl sites for hydroxylation is 1. The van der Waals surface area contributed by atoms with Crippen LogP contribution in [-0.2, 0) is 10.0 Å². The van der Waals surface area contributed by atoms with Gasteiger partial charge in [0.05, 0.1) is 10.4 Å². The summed E-state index contributed by atoms with van der Waals surface area (Å²) in [4.78, 5) is 4.71. The van der Waals surface area contributed by atoms with Crippen LogP contribution in [0.4, 0.5) is 0 Å². The molecule has 7 heteroatoms. The lowest BCUT2D eigenvalue weighted by molar-refractivity contribution is 0.427. The summed E-state index contributed by atoms with van der Waals surface area (Å²) in [6.07, 6.45) is 3.75. The van der Waals surface area contributed by atoms with Crippen molar-refractivity contribution in [2.75, 3.05) is 13.1 Å². The van der Waals surface area contributed by atoms with Gasteiger partial charge in [-0.25, -0.2) is 8.42 Å². The van der Waals surface area contributed by atoms with Gasteiger partial charge >= 0.3 is 0 Å². The number of hydrogen-bond acceptors (Lipinski definition) is 4. The maximum absolute atomic E-state index is 13.2. The molecule has 130 valence electrons. The highest BCUT2D eigenvalue weighted by Gasteiger charge is 2.45. The number of hydrogen-bond donors (Lipinski definition) is 1. The van der Waals surface area contributed by atoms with E-state index in [-0.39, 0.29) is 18.4 Å². The largest absolute Gasteiger partial charge is 0.327 e. The number of halogens is 1. The lowest BCUT2D eigenvalue weighted by Crippen LogP contribution is -2.33. The van der Waals surface area contributed by atoms with Gasteiger partial charge in [-0.15, -0.1) is 12.4 Å². The number of benzene rings is 1. The molecule has 0 spiro atoms. The lowest BCUT2D eigenvalue weighted by Gasteiger charge is -2.20. The monoisotopic (exact) mass is 367 g/mol. The van der Waals surface area contributed by atoms with Crippen molar-refractivity contribution in [3.8, 4) is 0 Å². The van der Waals surface area contributed by atoms with Gasteiger partial charge in [-0.2, -0.15) is 4.31 Å². The molecule has 24 heavy (non-hydrogen) atoms. The van der Waals surface area contributed by atoms with Crippen LogP contribution in [0.2, 0.25) is 0 Å². The van der Waals surface area contributed by atoms with Crippen LogP contribution in [0.15, 0.2) is 35.4 Å². The Bertz CT molecular complexity index is 871. The van der Waals surface area contributed by atoms with E-state index >= 15 is 0 Å². The second-order valence-electron chi connectivity index (χ2n) is 6.77. The van der Waals surface area contributed by atoms with Crippen LogP contribution < -0.4 is 5.73 Å². The number of nitrogens with zero attached hydrogens (tertiary/aromatic N) is 2. The number of pyridine rings is 1. The fourth-order valence-electron chi connectivity index (χ4n) is 4.11. The van der Waals surface area contributed by atoms with Crippen molar-refractivity contribution in [3.63, 3.8) is 0 Å². The Morgan fingerprint density at radius 1 is 1.21 bits per heavy atom. The maximum Gasteiger partial charge on any atom is 0.243 e. The van der Waals surface area contributed by atoms with E-state index in [0.717, 1.165) is 23.9 Å². The highest BCUT2D eigenvalue weighted by atomic mass is 35.5. The third-order valence-corrected chi connectivity index (χ3v) is 7.32. The Kier molecular flexibility index (Phi) is 4.59. The quantitative estimate of drug-likeness (QED) is 0.883. The summed E-state index contributed by atoms with van der Waals surface area (Å²) in [5.41, 5.74) is 7.88. The topological polar surface area (TPSA) is 76.3 Å². The van der Waals surface area contributed by atoms with E-state index < -0.39 is 10.0 Å². The Hall–Kier alpha value is -1.21.